The van der Waals surface area contributed by atoms with Gasteiger partial charge in [-0.15, -0.1) is 11.5 Å². The molecule has 6 nitrogen and oxygen atoms in total. The number of aromatic nitrogens is 4. The molecule has 0 N–H and O–H groups in total. The molecule has 228 valence electrons. The number of halogens is 1. The molecule has 2 aliphatic heterocycles. The Balaban J connectivity index is 0.000000160. The fourth-order valence-electron chi connectivity index (χ4n) is 4.99. The van der Waals surface area contributed by atoms with Gasteiger partial charge in [0.25, 0.3) is 0 Å². The molecule has 2 fully saturated rings. The lowest BCUT2D eigenvalue weighted by Crippen LogP contribution is -2.18. The van der Waals surface area contributed by atoms with Crippen LogP contribution in [-0.2, 0) is 9.47 Å². The van der Waals surface area contributed by atoms with E-state index in [1.54, 1.807) is 0 Å². The maximum Gasteiger partial charge on any atom is 0.150 e. The Bertz CT molecular complexity index is 1590. The summed E-state index contributed by atoms with van der Waals surface area (Å²) in [5.41, 5.74) is 6.60. The Kier molecular flexibility index (Phi) is 12.5. The number of rotatable bonds is 2. The molecular weight excluding hydrogens is 616 g/mol. The van der Waals surface area contributed by atoms with E-state index in [1.165, 1.54) is 19.3 Å². The van der Waals surface area contributed by atoms with Gasteiger partial charge >= 0.3 is 0 Å². The highest BCUT2D eigenvalue weighted by atomic mass is 79.9. The van der Waals surface area contributed by atoms with Crippen molar-refractivity contribution in [3.63, 3.8) is 0 Å². The topological polar surface area (TPSA) is 54.1 Å². The summed E-state index contributed by atoms with van der Waals surface area (Å²) in [6, 6.07) is 12.5. The highest BCUT2D eigenvalue weighted by Gasteiger charge is 2.19. The van der Waals surface area contributed by atoms with Crippen LogP contribution < -0.4 is 0 Å². The van der Waals surface area contributed by atoms with Crippen LogP contribution in [0.15, 0.2) is 53.3 Å². The second kappa shape index (κ2) is 16.3. The Labute approximate surface area is 266 Å². The van der Waals surface area contributed by atoms with Crippen molar-refractivity contribution >= 4 is 45.8 Å². The van der Waals surface area contributed by atoms with Gasteiger partial charge in [-0.2, -0.15) is 10.2 Å². The first kappa shape index (κ1) is 33.0. The molecule has 2 aromatic heterocycles. The van der Waals surface area contributed by atoms with Crippen LogP contribution in [0.4, 0.5) is 0 Å². The highest BCUT2D eigenvalue weighted by molar-refractivity contribution is 9.10. The van der Waals surface area contributed by atoms with Crippen LogP contribution in [0.2, 0.25) is 19.6 Å². The van der Waals surface area contributed by atoms with E-state index in [4.69, 9.17) is 9.47 Å². The van der Waals surface area contributed by atoms with Gasteiger partial charge in [-0.05, 0) is 74.9 Å². The SMILES string of the molecule is Brc1ccc2c(cnn2C2CCCCO2)c1.CCC#C[Si](C)(C)C.CCC#Cc1ccc2c(cnn2C2CCCCO2)c1. The number of fused-ring (bicyclic) bond motifs is 2. The molecule has 0 spiro atoms. The van der Waals surface area contributed by atoms with E-state index in [2.05, 4.69) is 113 Å². The maximum absolute atomic E-state index is 5.80. The standard InChI is InChI=1S/C16H18N2O.C12H13BrN2O.C7H14Si/c1-2-3-6-13-8-9-15-14(11-13)12-17-18(15)16-7-4-5-10-19-16;13-10-4-5-11-9(7-10)8-14-15(11)12-3-1-2-6-16-12;1-5-6-7-8(2,3)4/h8-9,11-12,16H,2,4-5,7,10H2,1H3;4-5,7-8,12H,1-3,6H2;5H2,1-4H3. The normalized spacial score (nSPS) is 18.3. The molecule has 2 saturated heterocycles. The molecule has 0 radical (unpaired) electrons. The minimum atomic E-state index is -1.04. The first-order valence-corrected chi connectivity index (χ1v) is 19.9. The van der Waals surface area contributed by atoms with E-state index in [0.717, 1.165) is 77.2 Å². The van der Waals surface area contributed by atoms with Crippen molar-refractivity contribution in [2.75, 3.05) is 13.2 Å². The third-order valence-electron chi connectivity index (χ3n) is 7.06. The Morgan fingerprint density at radius 3 is 1.84 bits per heavy atom. The summed E-state index contributed by atoms with van der Waals surface area (Å²) in [5.74, 6) is 9.35. The second-order valence-electron chi connectivity index (χ2n) is 11.9. The van der Waals surface area contributed by atoms with Crippen LogP contribution in [0, 0.1) is 23.3 Å². The smallest absolute Gasteiger partial charge is 0.150 e. The summed E-state index contributed by atoms with van der Waals surface area (Å²) < 4.78 is 16.6. The first-order valence-electron chi connectivity index (χ1n) is 15.6. The first-order chi connectivity index (χ1) is 20.8. The zero-order valence-electron chi connectivity index (χ0n) is 26.3. The van der Waals surface area contributed by atoms with Crippen LogP contribution >= 0.6 is 15.9 Å². The van der Waals surface area contributed by atoms with Crippen molar-refractivity contribution in [1.29, 1.82) is 0 Å². The van der Waals surface area contributed by atoms with Crippen LogP contribution in [0.25, 0.3) is 21.8 Å². The summed E-state index contributed by atoms with van der Waals surface area (Å²) in [6.07, 6.45) is 12.8. The number of hydrogen-bond donors (Lipinski definition) is 0. The lowest BCUT2D eigenvalue weighted by molar-refractivity contribution is -0.0367. The molecular formula is C35H45BrN4O2Si. The van der Waals surface area contributed by atoms with Crippen LogP contribution in [0.5, 0.6) is 0 Å². The zero-order valence-corrected chi connectivity index (χ0v) is 28.9. The van der Waals surface area contributed by atoms with Gasteiger partial charge in [0.2, 0.25) is 0 Å². The fraction of sp³-hybridized carbons (Fsp3) is 0.486. The van der Waals surface area contributed by atoms with Gasteiger partial charge in [-0.3, -0.25) is 0 Å². The molecule has 0 amide bonds. The molecule has 8 heteroatoms. The predicted octanol–water partition coefficient (Wildman–Crippen LogP) is 9.27. The molecule has 6 rings (SSSR count). The van der Waals surface area contributed by atoms with E-state index < -0.39 is 8.07 Å². The minimum absolute atomic E-state index is 0.0961. The lowest BCUT2D eigenvalue weighted by atomic mass is 10.1. The van der Waals surface area contributed by atoms with Crippen LogP contribution in [-0.4, -0.2) is 40.8 Å². The van der Waals surface area contributed by atoms with Crippen molar-refractivity contribution < 1.29 is 9.47 Å². The Morgan fingerprint density at radius 2 is 1.35 bits per heavy atom. The summed E-state index contributed by atoms with van der Waals surface area (Å²) in [5, 5.41) is 11.2. The molecule has 4 heterocycles. The summed E-state index contributed by atoms with van der Waals surface area (Å²) in [4.78, 5) is 0. The third-order valence-corrected chi connectivity index (χ3v) is 8.48. The van der Waals surface area contributed by atoms with Crippen LogP contribution in [0.3, 0.4) is 0 Å². The van der Waals surface area contributed by atoms with E-state index in [9.17, 15) is 0 Å². The third kappa shape index (κ3) is 9.81. The average Bonchev–Trinajstić information content (AvgIpc) is 3.64. The van der Waals surface area contributed by atoms with Gasteiger partial charge in [0, 0.05) is 46.9 Å². The van der Waals surface area contributed by atoms with Crippen molar-refractivity contribution in [2.45, 2.75) is 97.3 Å². The van der Waals surface area contributed by atoms with Crippen molar-refractivity contribution in [1.82, 2.24) is 19.6 Å². The van der Waals surface area contributed by atoms with E-state index in [1.807, 2.05) is 27.8 Å². The van der Waals surface area contributed by atoms with E-state index in [0.29, 0.717) is 0 Å². The minimum Gasteiger partial charge on any atom is -0.356 e. The van der Waals surface area contributed by atoms with E-state index >= 15 is 0 Å². The zero-order chi connectivity index (χ0) is 30.7. The number of benzene rings is 2. The number of nitrogens with zero attached hydrogens (tertiary/aromatic N) is 4. The Morgan fingerprint density at radius 1 is 0.791 bits per heavy atom. The molecule has 0 saturated carbocycles. The molecule has 2 aliphatic rings. The monoisotopic (exact) mass is 660 g/mol. The molecule has 2 atom stereocenters. The van der Waals surface area contributed by atoms with Gasteiger partial charge in [-0.1, -0.05) is 61.3 Å². The van der Waals surface area contributed by atoms with Crippen LogP contribution in [0.1, 0.15) is 83.2 Å². The molecule has 0 bridgehead atoms. The summed E-state index contributed by atoms with van der Waals surface area (Å²) in [6.45, 7) is 12.6. The average molecular weight is 662 g/mol. The molecule has 2 aromatic carbocycles. The largest absolute Gasteiger partial charge is 0.356 e. The van der Waals surface area contributed by atoms with Crippen molar-refractivity contribution in [2.24, 2.45) is 0 Å². The van der Waals surface area contributed by atoms with Crippen molar-refractivity contribution in [3.05, 3.63) is 58.8 Å². The number of hydrogen-bond acceptors (Lipinski definition) is 4. The number of ether oxygens (including phenoxy) is 2. The molecule has 4 aromatic rings. The molecule has 43 heavy (non-hydrogen) atoms. The fourth-order valence-corrected chi connectivity index (χ4v) is 6.08. The van der Waals surface area contributed by atoms with Gasteiger partial charge in [0.05, 0.1) is 23.4 Å². The summed E-state index contributed by atoms with van der Waals surface area (Å²) >= 11 is 3.47. The maximum atomic E-state index is 5.80. The molecule has 2 unspecified atom stereocenters. The second-order valence-corrected chi connectivity index (χ2v) is 17.5. The van der Waals surface area contributed by atoms with Gasteiger partial charge < -0.3 is 9.47 Å². The Hall–Kier alpha value is -2.88. The quantitative estimate of drug-likeness (QED) is 0.159. The highest BCUT2D eigenvalue weighted by Crippen LogP contribution is 2.28. The summed E-state index contributed by atoms with van der Waals surface area (Å²) in [7, 11) is -1.04. The van der Waals surface area contributed by atoms with E-state index in [-0.39, 0.29) is 12.5 Å². The molecule has 0 aliphatic carbocycles. The van der Waals surface area contributed by atoms with Gasteiger partial charge in [0.1, 0.15) is 8.07 Å². The van der Waals surface area contributed by atoms with Gasteiger partial charge in [-0.25, -0.2) is 9.36 Å². The van der Waals surface area contributed by atoms with Crippen molar-refractivity contribution in [3.8, 4) is 23.3 Å². The van der Waals surface area contributed by atoms with Gasteiger partial charge in [0.15, 0.2) is 12.5 Å². The lowest BCUT2D eigenvalue weighted by Gasteiger charge is -2.23. The predicted molar refractivity (Wildman–Crippen MR) is 183 cm³/mol.